The molecule has 0 aromatic heterocycles. The molecule has 1 saturated heterocycles. The molecule has 0 saturated carbocycles. The standard InChI is InChI=1S/C20H30N2OS/c1-5-8-17(6-2)13-22(24-20-15-21(7-3)16-20)14-18-9-11-19(23-4)12-10-18/h5,8-12,20H,1,6-7,13-16H2,2-4H3/b17-8+. The van der Waals surface area contributed by atoms with Crippen molar-refractivity contribution in [1.82, 2.24) is 9.21 Å². The summed E-state index contributed by atoms with van der Waals surface area (Å²) in [5.41, 5.74) is 2.75. The number of rotatable bonds is 10. The van der Waals surface area contributed by atoms with E-state index in [4.69, 9.17) is 4.74 Å². The third kappa shape index (κ3) is 5.69. The van der Waals surface area contributed by atoms with Crippen LogP contribution in [0.4, 0.5) is 0 Å². The minimum Gasteiger partial charge on any atom is -0.497 e. The Morgan fingerprint density at radius 2 is 2.04 bits per heavy atom. The van der Waals surface area contributed by atoms with Gasteiger partial charge in [-0.15, -0.1) is 0 Å². The van der Waals surface area contributed by atoms with E-state index in [0.29, 0.717) is 5.25 Å². The van der Waals surface area contributed by atoms with Gasteiger partial charge in [0.25, 0.3) is 0 Å². The summed E-state index contributed by atoms with van der Waals surface area (Å²) in [5, 5.41) is 0.713. The van der Waals surface area contributed by atoms with Crippen LogP contribution in [0.2, 0.25) is 0 Å². The first-order valence-electron chi connectivity index (χ1n) is 8.75. The molecule has 0 unspecified atom stereocenters. The highest BCUT2D eigenvalue weighted by atomic mass is 32.2. The minimum absolute atomic E-state index is 0.713. The number of hydrogen-bond acceptors (Lipinski definition) is 4. The molecule has 1 aromatic rings. The number of ether oxygens (including phenoxy) is 1. The van der Waals surface area contributed by atoms with E-state index >= 15 is 0 Å². The molecular formula is C20H30N2OS. The number of allylic oxidation sites excluding steroid dienone is 2. The van der Waals surface area contributed by atoms with Crippen molar-refractivity contribution in [2.75, 3.05) is 33.3 Å². The molecule has 24 heavy (non-hydrogen) atoms. The average Bonchev–Trinajstić information content (AvgIpc) is 2.57. The van der Waals surface area contributed by atoms with E-state index in [1.807, 2.05) is 30.2 Å². The van der Waals surface area contributed by atoms with E-state index in [0.717, 1.165) is 31.8 Å². The summed E-state index contributed by atoms with van der Waals surface area (Å²) >= 11 is 2.01. The molecule has 0 radical (unpaired) electrons. The maximum atomic E-state index is 5.26. The summed E-state index contributed by atoms with van der Waals surface area (Å²) in [7, 11) is 1.71. The molecule has 0 spiro atoms. The Kier molecular flexibility index (Phi) is 7.89. The first-order valence-corrected chi connectivity index (χ1v) is 9.59. The van der Waals surface area contributed by atoms with E-state index in [1.165, 1.54) is 24.2 Å². The third-order valence-corrected chi connectivity index (χ3v) is 5.53. The predicted octanol–water partition coefficient (Wildman–Crippen LogP) is 4.37. The normalized spacial score (nSPS) is 16.2. The lowest BCUT2D eigenvalue weighted by molar-refractivity contribution is 0.199. The Balaban J connectivity index is 2.00. The van der Waals surface area contributed by atoms with E-state index in [-0.39, 0.29) is 0 Å². The molecule has 0 bridgehead atoms. The zero-order valence-corrected chi connectivity index (χ0v) is 16.0. The lowest BCUT2D eigenvalue weighted by Crippen LogP contribution is -2.49. The SMILES string of the molecule is C=C/C=C(\CC)CN(Cc1ccc(OC)cc1)SC1CN(CC)C1. The number of nitrogens with zero attached hydrogens (tertiary/aromatic N) is 2. The number of benzene rings is 1. The van der Waals surface area contributed by atoms with Gasteiger partial charge in [0, 0.05) is 31.4 Å². The second-order valence-corrected chi connectivity index (χ2v) is 7.53. The van der Waals surface area contributed by atoms with Gasteiger partial charge in [-0.05, 0) is 30.7 Å². The molecule has 132 valence electrons. The third-order valence-electron chi connectivity index (χ3n) is 4.37. The first kappa shape index (κ1) is 19.1. The van der Waals surface area contributed by atoms with Crippen molar-refractivity contribution in [2.24, 2.45) is 0 Å². The van der Waals surface area contributed by atoms with Crippen molar-refractivity contribution in [3.05, 3.63) is 54.1 Å². The van der Waals surface area contributed by atoms with Crippen LogP contribution in [-0.2, 0) is 6.54 Å². The van der Waals surface area contributed by atoms with Gasteiger partial charge >= 0.3 is 0 Å². The summed E-state index contributed by atoms with van der Waals surface area (Å²) in [4.78, 5) is 2.49. The maximum absolute atomic E-state index is 5.26. The summed E-state index contributed by atoms with van der Waals surface area (Å²) in [6, 6.07) is 8.41. The fraction of sp³-hybridized carbons (Fsp3) is 0.500. The van der Waals surface area contributed by atoms with Gasteiger partial charge < -0.3 is 9.64 Å². The van der Waals surface area contributed by atoms with Crippen molar-refractivity contribution < 1.29 is 4.74 Å². The molecule has 1 aromatic carbocycles. The quantitative estimate of drug-likeness (QED) is 0.461. The van der Waals surface area contributed by atoms with E-state index < -0.39 is 0 Å². The van der Waals surface area contributed by atoms with Gasteiger partial charge in [-0.25, -0.2) is 4.31 Å². The largest absolute Gasteiger partial charge is 0.497 e. The van der Waals surface area contributed by atoms with Crippen molar-refractivity contribution in [1.29, 1.82) is 0 Å². The van der Waals surface area contributed by atoms with Crippen LogP contribution in [0.25, 0.3) is 0 Å². The van der Waals surface area contributed by atoms with Crippen LogP contribution in [0, 0.1) is 0 Å². The highest BCUT2D eigenvalue weighted by molar-refractivity contribution is 7.97. The molecule has 3 nitrogen and oxygen atoms in total. The Bertz CT molecular complexity index is 535. The molecule has 4 heteroatoms. The molecule has 0 N–H and O–H groups in total. The Labute approximate surface area is 151 Å². The molecule has 0 amide bonds. The van der Waals surface area contributed by atoms with Crippen LogP contribution in [0.5, 0.6) is 5.75 Å². The highest BCUT2D eigenvalue weighted by Gasteiger charge is 2.28. The van der Waals surface area contributed by atoms with E-state index in [9.17, 15) is 0 Å². The lowest BCUT2D eigenvalue weighted by atomic mass is 10.1. The number of likely N-dealkylation sites (tertiary alicyclic amines) is 1. The average molecular weight is 347 g/mol. The van der Waals surface area contributed by atoms with Crippen molar-refractivity contribution in [2.45, 2.75) is 32.1 Å². The van der Waals surface area contributed by atoms with Crippen LogP contribution in [0.3, 0.4) is 0 Å². The highest BCUT2D eigenvalue weighted by Crippen LogP contribution is 2.28. The smallest absolute Gasteiger partial charge is 0.118 e. The second kappa shape index (κ2) is 9.92. The molecule has 1 aliphatic rings. The molecular weight excluding hydrogens is 316 g/mol. The minimum atomic E-state index is 0.713. The summed E-state index contributed by atoms with van der Waals surface area (Å²) in [6.45, 7) is 13.8. The zero-order valence-electron chi connectivity index (χ0n) is 15.2. The van der Waals surface area contributed by atoms with Gasteiger partial charge in [0.05, 0.1) is 7.11 Å². The van der Waals surface area contributed by atoms with Crippen LogP contribution >= 0.6 is 11.9 Å². The number of hydrogen-bond donors (Lipinski definition) is 0. The Morgan fingerprint density at radius 1 is 1.33 bits per heavy atom. The second-order valence-electron chi connectivity index (χ2n) is 6.14. The van der Waals surface area contributed by atoms with E-state index in [2.05, 4.69) is 47.8 Å². The lowest BCUT2D eigenvalue weighted by Gasteiger charge is -2.40. The van der Waals surface area contributed by atoms with Gasteiger partial charge in [0.2, 0.25) is 0 Å². The van der Waals surface area contributed by atoms with Crippen LogP contribution in [-0.4, -0.2) is 47.7 Å². The molecule has 1 aliphatic heterocycles. The van der Waals surface area contributed by atoms with E-state index in [1.54, 1.807) is 7.11 Å². The van der Waals surface area contributed by atoms with Crippen LogP contribution < -0.4 is 4.74 Å². The van der Waals surface area contributed by atoms with Gasteiger partial charge in [0.15, 0.2) is 0 Å². The molecule has 2 rings (SSSR count). The van der Waals surface area contributed by atoms with Gasteiger partial charge in [0.1, 0.15) is 5.75 Å². The summed E-state index contributed by atoms with van der Waals surface area (Å²) in [5.74, 6) is 0.913. The van der Waals surface area contributed by atoms with Gasteiger partial charge in [-0.2, -0.15) is 0 Å². The molecule has 1 heterocycles. The fourth-order valence-corrected chi connectivity index (χ4v) is 4.24. The van der Waals surface area contributed by atoms with Crippen LogP contribution in [0.15, 0.2) is 48.6 Å². The summed E-state index contributed by atoms with van der Waals surface area (Å²) < 4.78 is 7.76. The van der Waals surface area contributed by atoms with Crippen LogP contribution in [0.1, 0.15) is 25.8 Å². The molecule has 1 fully saturated rings. The Hall–Kier alpha value is -1.23. The van der Waals surface area contributed by atoms with Crippen molar-refractivity contribution in [3.63, 3.8) is 0 Å². The summed E-state index contributed by atoms with van der Waals surface area (Å²) in [6.07, 6.45) is 5.12. The number of methoxy groups -OCH3 is 1. The van der Waals surface area contributed by atoms with Crippen molar-refractivity contribution in [3.8, 4) is 5.75 Å². The topological polar surface area (TPSA) is 15.7 Å². The fourth-order valence-electron chi connectivity index (χ4n) is 2.80. The van der Waals surface area contributed by atoms with Gasteiger partial charge in [-0.3, -0.25) is 0 Å². The molecule has 0 atom stereocenters. The van der Waals surface area contributed by atoms with Gasteiger partial charge in [-0.1, -0.05) is 62.2 Å². The van der Waals surface area contributed by atoms with Crippen molar-refractivity contribution >= 4 is 11.9 Å². The predicted molar refractivity (Wildman–Crippen MR) is 105 cm³/mol. The zero-order chi connectivity index (χ0) is 17.4. The maximum Gasteiger partial charge on any atom is 0.118 e. The monoisotopic (exact) mass is 346 g/mol. The Morgan fingerprint density at radius 3 is 2.58 bits per heavy atom. The molecule has 0 aliphatic carbocycles. The first-order chi connectivity index (χ1) is 11.7.